The van der Waals surface area contributed by atoms with Gasteiger partial charge in [-0.2, -0.15) is 0 Å². The molecule has 0 saturated heterocycles. The van der Waals surface area contributed by atoms with Gasteiger partial charge in [0.05, 0.1) is 12.2 Å². The molecule has 0 radical (unpaired) electrons. The van der Waals surface area contributed by atoms with E-state index >= 15 is 0 Å². The van der Waals surface area contributed by atoms with E-state index in [1.54, 1.807) is 0 Å². The third-order valence-electron chi connectivity index (χ3n) is 6.36. The minimum atomic E-state index is -0.950. The average molecular weight is 439 g/mol. The van der Waals surface area contributed by atoms with Crippen molar-refractivity contribution >= 4 is 5.97 Å². The Bertz CT molecular complexity index is 405. The number of aliphatic carboxylic acids is 1. The number of hydrogen-bond acceptors (Lipinski definition) is 2. The fourth-order valence-electron chi connectivity index (χ4n) is 4.21. The van der Waals surface area contributed by atoms with Gasteiger partial charge in [-0.25, -0.2) is 4.79 Å². The van der Waals surface area contributed by atoms with E-state index in [0.717, 1.165) is 0 Å². The summed E-state index contributed by atoms with van der Waals surface area (Å²) < 4.78 is 5.70. The monoisotopic (exact) mass is 438 g/mol. The minimum absolute atomic E-state index is 0.154. The number of carbonyl (C=O) groups is 1. The number of carboxylic acids is 1. The molecule has 0 aliphatic heterocycles. The lowest BCUT2D eigenvalue weighted by atomic mass is 9.94. The van der Waals surface area contributed by atoms with Gasteiger partial charge >= 0.3 is 5.97 Å². The summed E-state index contributed by atoms with van der Waals surface area (Å²) in [4.78, 5) is 10.9. The number of ether oxygens (including phenoxy) is 1. The summed E-state index contributed by atoms with van der Waals surface area (Å²) in [5.74, 6) is -0.384. The summed E-state index contributed by atoms with van der Waals surface area (Å²) in [7, 11) is 0. The fourth-order valence-corrected chi connectivity index (χ4v) is 4.21. The first-order valence-electron chi connectivity index (χ1n) is 13.6. The molecule has 31 heavy (non-hydrogen) atoms. The Morgan fingerprint density at radius 1 is 0.677 bits per heavy atom. The highest BCUT2D eigenvalue weighted by Crippen LogP contribution is 2.20. The minimum Gasteiger partial charge on any atom is -0.478 e. The van der Waals surface area contributed by atoms with Crippen LogP contribution in [-0.2, 0) is 9.53 Å². The van der Waals surface area contributed by atoms with Crippen molar-refractivity contribution < 1.29 is 14.6 Å². The number of carboxylic acid groups (broad SMARTS) is 1. The Morgan fingerprint density at radius 2 is 1.03 bits per heavy atom. The van der Waals surface area contributed by atoms with Gasteiger partial charge in [0, 0.05) is 6.61 Å². The van der Waals surface area contributed by atoms with Gasteiger partial charge < -0.3 is 9.84 Å². The highest BCUT2D eigenvalue weighted by Gasteiger charge is 2.11. The van der Waals surface area contributed by atoms with Crippen LogP contribution in [0.1, 0.15) is 142 Å². The van der Waals surface area contributed by atoms with E-state index in [9.17, 15) is 4.79 Å². The highest BCUT2D eigenvalue weighted by atomic mass is 16.5. The predicted molar refractivity (Wildman–Crippen MR) is 135 cm³/mol. The van der Waals surface area contributed by atoms with Crippen LogP contribution in [0, 0.1) is 5.92 Å². The van der Waals surface area contributed by atoms with Gasteiger partial charge in [-0.15, -0.1) is 0 Å². The van der Waals surface area contributed by atoms with Crippen LogP contribution >= 0.6 is 0 Å². The Labute approximate surface area is 194 Å². The molecule has 0 rings (SSSR count). The van der Waals surface area contributed by atoms with Gasteiger partial charge in [0.1, 0.15) is 0 Å². The van der Waals surface area contributed by atoms with E-state index in [1.807, 2.05) is 0 Å². The summed E-state index contributed by atoms with van der Waals surface area (Å²) in [5.41, 5.74) is 0.157. The summed E-state index contributed by atoms with van der Waals surface area (Å²) in [6, 6.07) is 0. The molecule has 1 atom stereocenters. The van der Waals surface area contributed by atoms with Crippen LogP contribution < -0.4 is 0 Å². The molecule has 0 aromatic heterocycles. The number of unbranched alkanes of at least 4 members (excludes halogenated alkanes) is 16. The molecule has 0 fully saturated rings. The van der Waals surface area contributed by atoms with E-state index in [0.29, 0.717) is 12.5 Å². The van der Waals surface area contributed by atoms with Gasteiger partial charge in [-0.1, -0.05) is 136 Å². The van der Waals surface area contributed by atoms with Crippen LogP contribution in [0.25, 0.3) is 0 Å². The summed E-state index contributed by atoms with van der Waals surface area (Å²) in [6.45, 7) is 8.95. The third-order valence-corrected chi connectivity index (χ3v) is 6.36. The molecule has 1 unspecified atom stereocenters. The first-order chi connectivity index (χ1) is 15.1. The molecule has 0 aromatic rings. The van der Waals surface area contributed by atoms with Gasteiger partial charge in [-0.05, 0) is 18.8 Å². The molecule has 0 amide bonds. The van der Waals surface area contributed by atoms with E-state index < -0.39 is 5.97 Å². The molecule has 0 heterocycles. The molecule has 0 aliphatic carbocycles. The van der Waals surface area contributed by atoms with Crippen molar-refractivity contribution in [1.29, 1.82) is 0 Å². The van der Waals surface area contributed by atoms with E-state index in [1.165, 1.54) is 128 Å². The van der Waals surface area contributed by atoms with Crippen LogP contribution in [0.4, 0.5) is 0 Å². The Morgan fingerprint density at radius 3 is 1.39 bits per heavy atom. The van der Waals surface area contributed by atoms with Gasteiger partial charge in [0.2, 0.25) is 0 Å². The quantitative estimate of drug-likeness (QED) is 0.114. The van der Waals surface area contributed by atoms with Crippen LogP contribution in [0.5, 0.6) is 0 Å². The molecule has 0 bridgehead atoms. The second kappa shape index (κ2) is 23.8. The van der Waals surface area contributed by atoms with E-state index in [2.05, 4.69) is 20.4 Å². The summed E-state index contributed by atoms with van der Waals surface area (Å²) in [5, 5.41) is 8.95. The second-order valence-corrected chi connectivity index (χ2v) is 9.52. The van der Waals surface area contributed by atoms with E-state index in [-0.39, 0.29) is 12.2 Å². The van der Waals surface area contributed by atoms with Crippen LogP contribution in [-0.4, -0.2) is 24.3 Å². The standard InChI is InChI=1S/C28H54O3/c1-4-6-8-10-12-14-15-17-19-21-23-27(25-31-24-26(3)28(29)30)22-20-18-16-13-11-9-7-5-2/h27H,3-25H2,1-2H3,(H,29,30). The summed E-state index contributed by atoms with van der Waals surface area (Å²) in [6.07, 6.45) is 26.9. The zero-order valence-corrected chi connectivity index (χ0v) is 21.1. The molecule has 0 saturated carbocycles. The smallest absolute Gasteiger partial charge is 0.333 e. The van der Waals surface area contributed by atoms with Crippen molar-refractivity contribution in [2.24, 2.45) is 5.92 Å². The molecule has 0 spiro atoms. The maximum absolute atomic E-state index is 10.9. The average Bonchev–Trinajstić information content (AvgIpc) is 2.76. The zero-order chi connectivity index (χ0) is 23.0. The lowest BCUT2D eigenvalue weighted by Gasteiger charge is -2.17. The molecular weight excluding hydrogens is 384 g/mol. The van der Waals surface area contributed by atoms with Crippen molar-refractivity contribution in [1.82, 2.24) is 0 Å². The normalized spacial score (nSPS) is 12.2. The first-order valence-corrected chi connectivity index (χ1v) is 13.6. The van der Waals surface area contributed by atoms with Crippen LogP contribution in [0.2, 0.25) is 0 Å². The SMILES string of the molecule is C=C(COCC(CCCCCCCCCC)CCCCCCCCCCCC)C(=O)O. The van der Waals surface area contributed by atoms with Gasteiger partial charge in [0.15, 0.2) is 0 Å². The Kier molecular flexibility index (Phi) is 23.2. The number of hydrogen-bond donors (Lipinski definition) is 1. The van der Waals surface area contributed by atoms with Crippen LogP contribution in [0.15, 0.2) is 12.2 Å². The zero-order valence-electron chi connectivity index (χ0n) is 21.1. The van der Waals surface area contributed by atoms with Crippen molar-refractivity contribution in [2.75, 3.05) is 13.2 Å². The predicted octanol–water partition coefficient (Wildman–Crippen LogP) is 9.10. The molecule has 0 aromatic carbocycles. The molecule has 3 nitrogen and oxygen atoms in total. The third kappa shape index (κ3) is 22.2. The maximum Gasteiger partial charge on any atom is 0.333 e. The topological polar surface area (TPSA) is 46.5 Å². The van der Waals surface area contributed by atoms with Crippen molar-refractivity contribution in [2.45, 2.75) is 142 Å². The molecule has 0 aliphatic rings. The Hall–Kier alpha value is -0.830. The number of rotatable bonds is 25. The fraction of sp³-hybridized carbons (Fsp3) is 0.893. The van der Waals surface area contributed by atoms with Gasteiger partial charge in [-0.3, -0.25) is 0 Å². The maximum atomic E-state index is 10.9. The van der Waals surface area contributed by atoms with Gasteiger partial charge in [0.25, 0.3) is 0 Å². The second-order valence-electron chi connectivity index (χ2n) is 9.52. The Balaban J connectivity index is 3.91. The largest absolute Gasteiger partial charge is 0.478 e. The molecular formula is C28H54O3. The first kappa shape index (κ1) is 30.2. The van der Waals surface area contributed by atoms with Crippen LogP contribution in [0.3, 0.4) is 0 Å². The lowest BCUT2D eigenvalue weighted by Crippen LogP contribution is -2.14. The van der Waals surface area contributed by atoms with Crippen molar-refractivity contribution in [3.05, 3.63) is 12.2 Å². The molecule has 3 heteroatoms. The molecule has 1 N–H and O–H groups in total. The van der Waals surface area contributed by atoms with E-state index in [4.69, 9.17) is 9.84 Å². The highest BCUT2D eigenvalue weighted by molar-refractivity contribution is 5.85. The van der Waals surface area contributed by atoms with Crippen molar-refractivity contribution in [3.63, 3.8) is 0 Å². The summed E-state index contributed by atoms with van der Waals surface area (Å²) >= 11 is 0. The van der Waals surface area contributed by atoms with Crippen molar-refractivity contribution in [3.8, 4) is 0 Å². The lowest BCUT2D eigenvalue weighted by molar-refractivity contribution is -0.133. The molecule has 184 valence electrons.